The molecule has 11 nitrogen and oxygen atoms in total. The second-order valence-corrected chi connectivity index (χ2v) is 12.3. The van der Waals surface area contributed by atoms with E-state index in [0.717, 1.165) is 24.2 Å². The van der Waals surface area contributed by atoms with Crippen LogP contribution >= 0.6 is 0 Å². The molecular weight excluding hydrogens is 566 g/mol. The van der Waals surface area contributed by atoms with Crippen molar-refractivity contribution in [3.05, 3.63) is 47.0 Å². The van der Waals surface area contributed by atoms with Crippen LogP contribution in [0, 0.1) is 23.7 Å². The molecule has 0 heterocycles. The molecule has 2 aromatic carbocycles. The summed E-state index contributed by atoms with van der Waals surface area (Å²) in [5.41, 5.74) is 5.52. The zero-order valence-electron chi connectivity index (χ0n) is 25.6. The second-order valence-electron chi connectivity index (χ2n) is 12.3. The van der Waals surface area contributed by atoms with Crippen LogP contribution < -0.4 is 10.5 Å². The Hall–Kier alpha value is -3.93. The van der Waals surface area contributed by atoms with Crippen molar-refractivity contribution in [1.29, 1.82) is 0 Å². The highest BCUT2D eigenvalue weighted by Crippen LogP contribution is 2.52. The zero-order chi connectivity index (χ0) is 32.2. The molecule has 2 saturated carbocycles. The minimum Gasteiger partial charge on any atom is -0.507 e. The molecule has 1 amide bonds. The van der Waals surface area contributed by atoms with Gasteiger partial charge in [-0.2, -0.15) is 0 Å². The van der Waals surface area contributed by atoms with Gasteiger partial charge in [0.2, 0.25) is 5.91 Å². The number of rotatable bonds is 8. The number of hydrogen-bond donors (Lipinski definition) is 3. The number of aliphatic hydroxyl groups is 1. The molecule has 4 N–H and O–H groups in total. The van der Waals surface area contributed by atoms with Gasteiger partial charge in [-0.15, -0.1) is 0 Å². The van der Waals surface area contributed by atoms with Crippen LogP contribution in [0.1, 0.15) is 41.8 Å². The molecule has 44 heavy (non-hydrogen) atoms. The van der Waals surface area contributed by atoms with Crippen LogP contribution in [0.3, 0.4) is 0 Å². The highest BCUT2D eigenvalue weighted by Gasteiger charge is 2.69. The number of nitrogens with zero attached hydrogens (tertiary/aromatic N) is 2. The van der Waals surface area contributed by atoms with Gasteiger partial charge >= 0.3 is 0 Å². The van der Waals surface area contributed by atoms with Gasteiger partial charge in [0.05, 0.1) is 24.6 Å². The number of ketones is 4. The summed E-state index contributed by atoms with van der Waals surface area (Å²) in [4.78, 5) is 70.9. The molecule has 3 aliphatic carbocycles. The molecule has 234 valence electrons. The zero-order valence-corrected chi connectivity index (χ0v) is 25.6. The average Bonchev–Trinajstić information content (AvgIpc) is 2.97. The number of ether oxygens (including phenoxy) is 1. The fourth-order valence-corrected chi connectivity index (χ4v) is 7.63. The first-order chi connectivity index (χ1) is 20.8. The Bertz CT molecular complexity index is 1560. The molecule has 6 atom stereocenters. The number of benzene rings is 2. The summed E-state index contributed by atoms with van der Waals surface area (Å²) in [6.45, 7) is 6.60. The number of carbonyl (C=O) groups excluding carboxylic acids is 5. The number of Topliss-reactive ketones (excluding diaryl/α,β-unsaturated/α-hetero) is 4. The van der Waals surface area contributed by atoms with Crippen molar-refractivity contribution in [3.63, 3.8) is 0 Å². The van der Waals surface area contributed by atoms with Gasteiger partial charge < -0.3 is 20.7 Å². The molecule has 3 aliphatic rings. The number of methoxy groups -OCH3 is 1. The molecule has 2 fully saturated rings. The van der Waals surface area contributed by atoms with E-state index in [1.807, 2.05) is 18.2 Å². The molecular formula is C33H39N3O8. The molecule has 0 spiro atoms. The van der Waals surface area contributed by atoms with Crippen molar-refractivity contribution in [1.82, 2.24) is 9.80 Å². The van der Waals surface area contributed by atoms with Gasteiger partial charge in [-0.3, -0.25) is 33.8 Å². The standard InChI is InChI=1S/C33H39N3O8/c1-6-36(7-2)15-16-8-11-23(44-5)19(12-16)18-9-10-22(37)25-20(18)13-17-14-21-27(35(3)4)29(39)26(32(34)42)31(41)33(21,43)30(40)24(17)28(25)38/h8-12,17,21,24,26-27,37,43H,6-7,13-15H2,1-5H3,(H2,34,42). The number of carbonyl (C=O) groups is 5. The van der Waals surface area contributed by atoms with Crippen molar-refractivity contribution in [2.24, 2.45) is 29.4 Å². The number of likely N-dealkylation sites (N-methyl/N-ethyl adjacent to an activating group) is 1. The van der Waals surface area contributed by atoms with E-state index in [0.29, 0.717) is 23.4 Å². The third kappa shape index (κ3) is 4.65. The summed E-state index contributed by atoms with van der Waals surface area (Å²) in [7, 11) is 4.67. The van der Waals surface area contributed by atoms with Crippen molar-refractivity contribution < 1.29 is 38.9 Å². The third-order valence-electron chi connectivity index (χ3n) is 9.80. The highest BCUT2D eigenvalue weighted by molar-refractivity contribution is 6.32. The van der Waals surface area contributed by atoms with E-state index in [1.54, 1.807) is 27.3 Å². The summed E-state index contributed by atoms with van der Waals surface area (Å²) in [6, 6.07) is 7.79. The Labute approximate surface area is 256 Å². The maximum Gasteiger partial charge on any atom is 0.235 e. The smallest absolute Gasteiger partial charge is 0.235 e. The van der Waals surface area contributed by atoms with Crippen LogP contribution in [-0.2, 0) is 32.1 Å². The second kappa shape index (κ2) is 11.5. The van der Waals surface area contributed by atoms with Gasteiger partial charge in [-0.25, -0.2) is 0 Å². The summed E-state index contributed by atoms with van der Waals surface area (Å²) in [5.74, 6) is -10.2. The Kier molecular flexibility index (Phi) is 8.25. The van der Waals surface area contributed by atoms with Crippen LogP contribution in [0.4, 0.5) is 0 Å². The lowest BCUT2D eigenvalue weighted by molar-refractivity contribution is -0.181. The van der Waals surface area contributed by atoms with Gasteiger partial charge in [0.25, 0.3) is 0 Å². The van der Waals surface area contributed by atoms with Gasteiger partial charge in [-0.1, -0.05) is 26.0 Å². The maximum absolute atomic E-state index is 14.1. The summed E-state index contributed by atoms with van der Waals surface area (Å²) in [5, 5.41) is 22.7. The number of amides is 1. The fraction of sp³-hybridized carbons (Fsp3) is 0.485. The van der Waals surface area contributed by atoms with E-state index in [2.05, 4.69) is 18.7 Å². The minimum absolute atomic E-state index is 0.0157. The van der Waals surface area contributed by atoms with Crippen molar-refractivity contribution in [2.75, 3.05) is 34.3 Å². The number of hydrogen-bond acceptors (Lipinski definition) is 10. The van der Waals surface area contributed by atoms with Crippen LogP contribution in [-0.4, -0.2) is 95.0 Å². The van der Waals surface area contributed by atoms with E-state index in [-0.39, 0.29) is 24.2 Å². The first-order valence-electron chi connectivity index (χ1n) is 14.9. The number of fused-ring (bicyclic) bond motifs is 3. The number of primary amides is 1. The first kappa shape index (κ1) is 31.5. The molecule has 0 aromatic heterocycles. The molecule has 11 heteroatoms. The number of phenols is 1. The van der Waals surface area contributed by atoms with Gasteiger partial charge in [0, 0.05) is 18.0 Å². The fourth-order valence-electron chi connectivity index (χ4n) is 7.63. The third-order valence-corrected chi connectivity index (χ3v) is 9.80. The highest BCUT2D eigenvalue weighted by atomic mass is 16.5. The van der Waals surface area contributed by atoms with Crippen molar-refractivity contribution in [3.8, 4) is 22.6 Å². The molecule has 5 rings (SSSR count). The summed E-state index contributed by atoms with van der Waals surface area (Å²) < 4.78 is 5.70. The topological polar surface area (TPSA) is 168 Å². The minimum atomic E-state index is -2.76. The Morgan fingerprint density at radius 3 is 2.32 bits per heavy atom. The van der Waals surface area contributed by atoms with Gasteiger partial charge in [-0.05, 0) is 80.8 Å². The molecule has 6 unspecified atom stereocenters. The van der Waals surface area contributed by atoms with E-state index >= 15 is 0 Å². The van der Waals surface area contributed by atoms with Crippen LogP contribution in [0.5, 0.6) is 11.5 Å². The Morgan fingerprint density at radius 1 is 1.05 bits per heavy atom. The van der Waals surface area contributed by atoms with E-state index in [9.17, 15) is 34.2 Å². The first-order valence-corrected chi connectivity index (χ1v) is 14.9. The normalized spacial score (nSPS) is 28.1. The molecule has 0 radical (unpaired) electrons. The van der Waals surface area contributed by atoms with Crippen molar-refractivity contribution in [2.45, 2.75) is 44.9 Å². The summed E-state index contributed by atoms with van der Waals surface area (Å²) >= 11 is 0. The SMILES string of the molecule is CCN(CC)Cc1ccc(OC)c(-c2ccc(O)c3c2CC2CC4C(N(C)C)C(=O)C(C(N)=O)C(=O)C4(O)C(=O)C2C3=O)c1. The molecule has 0 saturated heterocycles. The van der Waals surface area contributed by atoms with Crippen molar-refractivity contribution >= 4 is 29.0 Å². The number of aromatic hydroxyl groups is 1. The molecule has 2 aromatic rings. The summed E-state index contributed by atoms with van der Waals surface area (Å²) in [6.07, 6.45) is 0.150. The number of phenolic OH excluding ortho intramolecular Hbond substituents is 1. The Morgan fingerprint density at radius 2 is 1.73 bits per heavy atom. The van der Waals surface area contributed by atoms with Gasteiger partial charge in [0.15, 0.2) is 34.7 Å². The lowest BCUT2D eigenvalue weighted by Gasteiger charge is -2.52. The van der Waals surface area contributed by atoms with Crippen LogP contribution in [0.2, 0.25) is 0 Å². The van der Waals surface area contributed by atoms with E-state index in [4.69, 9.17) is 10.5 Å². The monoisotopic (exact) mass is 605 g/mol. The maximum atomic E-state index is 14.1. The number of nitrogens with two attached hydrogens (primary N) is 1. The Balaban J connectivity index is 1.64. The predicted octanol–water partition coefficient (Wildman–Crippen LogP) is 1.38. The lowest BCUT2D eigenvalue weighted by atomic mass is 9.52. The molecule has 0 aliphatic heterocycles. The quantitative estimate of drug-likeness (QED) is 0.374. The molecule has 0 bridgehead atoms. The van der Waals surface area contributed by atoms with E-state index in [1.165, 1.54) is 11.0 Å². The predicted molar refractivity (Wildman–Crippen MR) is 160 cm³/mol. The lowest BCUT2D eigenvalue weighted by Crippen LogP contribution is -2.74. The van der Waals surface area contributed by atoms with Gasteiger partial charge in [0.1, 0.15) is 11.5 Å². The largest absolute Gasteiger partial charge is 0.507 e. The van der Waals surface area contributed by atoms with E-state index < -0.39 is 64.4 Å². The van der Waals surface area contributed by atoms with Crippen LogP contribution in [0.15, 0.2) is 30.3 Å². The van der Waals surface area contributed by atoms with Crippen LogP contribution in [0.25, 0.3) is 11.1 Å². The average molecular weight is 606 g/mol.